The number of pyridine rings is 1. The van der Waals surface area contributed by atoms with Crippen molar-refractivity contribution < 1.29 is 4.79 Å². The largest absolute Gasteiger partial charge is 0.378 e. The zero-order chi connectivity index (χ0) is 21.6. The SMILES string of the molecule is C[C@H](NC(=O)c1cccc(NCc2nnc(-c3ccncn3)n2C)c1)c1ccccn1. The van der Waals surface area contributed by atoms with Crippen LogP contribution in [0, 0.1) is 0 Å². The van der Waals surface area contributed by atoms with Crippen molar-refractivity contribution in [3.8, 4) is 11.5 Å². The first-order valence-electron chi connectivity index (χ1n) is 9.82. The first-order valence-corrected chi connectivity index (χ1v) is 9.82. The zero-order valence-electron chi connectivity index (χ0n) is 17.2. The predicted molar refractivity (Wildman–Crippen MR) is 116 cm³/mol. The van der Waals surface area contributed by atoms with E-state index in [2.05, 4.69) is 35.8 Å². The third kappa shape index (κ3) is 4.72. The van der Waals surface area contributed by atoms with Crippen molar-refractivity contribution in [3.05, 3.63) is 84.3 Å². The van der Waals surface area contributed by atoms with Gasteiger partial charge in [0.1, 0.15) is 12.0 Å². The van der Waals surface area contributed by atoms with Gasteiger partial charge >= 0.3 is 0 Å². The summed E-state index contributed by atoms with van der Waals surface area (Å²) in [7, 11) is 1.89. The maximum Gasteiger partial charge on any atom is 0.251 e. The first kappa shape index (κ1) is 20.1. The molecule has 0 aliphatic heterocycles. The molecule has 1 atom stereocenters. The minimum absolute atomic E-state index is 0.161. The number of amides is 1. The van der Waals surface area contributed by atoms with Crippen LogP contribution >= 0.6 is 0 Å². The third-order valence-corrected chi connectivity index (χ3v) is 4.83. The molecule has 0 bridgehead atoms. The van der Waals surface area contributed by atoms with Crippen molar-refractivity contribution >= 4 is 11.6 Å². The smallest absolute Gasteiger partial charge is 0.251 e. The monoisotopic (exact) mass is 414 g/mol. The first-order chi connectivity index (χ1) is 15.1. The number of nitrogens with zero attached hydrogens (tertiary/aromatic N) is 6. The molecule has 156 valence electrons. The fourth-order valence-corrected chi connectivity index (χ4v) is 3.10. The van der Waals surface area contributed by atoms with Gasteiger partial charge in [0, 0.05) is 30.7 Å². The van der Waals surface area contributed by atoms with Crippen LogP contribution in [0.4, 0.5) is 5.69 Å². The van der Waals surface area contributed by atoms with Crippen molar-refractivity contribution in [3.63, 3.8) is 0 Å². The fourth-order valence-electron chi connectivity index (χ4n) is 3.10. The van der Waals surface area contributed by atoms with E-state index in [9.17, 15) is 4.79 Å². The lowest BCUT2D eigenvalue weighted by molar-refractivity contribution is 0.0939. The standard InChI is InChI=1S/C22H22N8O/c1-15(18-8-3-4-10-24-18)27-22(31)16-6-5-7-17(12-16)25-13-20-28-29-21(30(20)2)19-9-11-23-14-26-19/h3-12,14-15,25H,13H2,1-2H3,(H,27,31)/t15-/m0/s1. The van der Waals surface area contributed by atoms with Gasteiger partial charge in [0.15, 0.2) is 11.6 Å². The average Bonchev–Trinajstić information content (AvgIpc) is 3.19. The van der Waals surface area contributed by atoms with Gasteiger partial charge in [-0.2, -0.15) is 0 Å². The van der Waals surface area contributed by atoms with Crippen LogP contribution < -0.4 is 10.6 Å². The quantitative estimate of drug-likeness (QED) is 0.478. The number of aromatic nitrogens is 6. The number of rotatable bonds is 7. The Labute approximate surface area is 179 Å². The van der Waals surface area contributed by atoms with Gasteiger partial charge in [-0.3, -0.25) is 9.78 Å². The minimum atomic E-state index is -0.191. The van der Waals surface area contributed by atoms with Gasteiger partial charge in [0.2, 0.25) is 0 Å². The second-order valence-electron chi connectivity index (χ2n) is 6.98. The molecule has 9 nitrogen and oxygen atoms in total. The van der Waals surface area contributed by atoms with Crippen LogP contribution in [0.3, 0.4) is 0 Å². The number of carbonyl (C=O) groups excluding carboxylic acids is 1. The van der Waals surface area contributed by atoms with E-state index in [-0.39, 0.29) is 11.9 Å². The summed E-state index contributed by atoms with van der Waals surface area (Å²) in [6, 6.07) is 14.6. The molecule has 2 N–H and O–H groups in total. The maximum absolute atomic E-state index is 12.7. The summed E-state index contributed by atoms with van der Waals surface area (Å²) in [6.07, 6.45) is 4.86. The molecule has 3 aromatic heterocycles. The zero-order valence-corrected chi connectivity index (χ0v) is 17.2. The molecule has 1 aromatic carbocycles. The van der Waals surface area contributed by atoms with Gasteiger partial charge in [-0.1, -0.05) is 12.1 Å². The molecule has 0 saturated heterocycles. The average molecular weight is 414 g/mol. The molecule has 0 fully saturated rings. The lowest BCUT2D eigenvalue weighted by Crippen LogP contribution is -2.27. The van der Waals surface area contributed by atoms with E-state index in [1.807, 2.05) is 54.9 Å². The van der Waals surface area contributed by atoms with E-state index in [1.165, 1.54) is 6.33 Å². The van der Waals surface area contributed by atoms with E-state index in [0.717, 1.165) is 17.2 Å². The van der Waals surface area contributed by atoms with Crippen LogP contribution in [0.25, 0.3) is 11.5 Å². The molecule has 4 aromatic rings. The van der Waals surface area contributed by atoms with Crippen LogP contribution in [0.1, 0.15) is 34.8 Å². The minimum Gasteiger partial charge on any atom is -0.378 e. The number of hydrogen-bond donors (Lipinski definition) is 2. The molecule has 0 spiro atoms. The molecule has 0 radical (unpaired) electrons. The van der Waals surface area contributed by atoms with Crippen LogP contribution in [-0.4, -0.2) is 35.6 Å². The highest BCUT2D eigenvalue weighted by Crippen LogP contribution is 2.16. The van der Waals surface area contributed by atoms with Gasteiger partial charge in [-0.15, -0.1) is 10.2 Å². The van der Waals surface area contributed by atoms with Gasteiger partial charge in [-0.05, 0) is 43.3 Å². The Morgan fingerprint density at radius 2 is 1.97 bits per heavy atom. The van der Waals surface area contributed by atoms with Crippen LogP contribution in [0.5, 0.6) is 0 Å². The van der Waals surface area contributed by atoms with E-state index < -0.39 is 0 Å². The Kier molecular flexibility index (Phi) is 5.93. The Bertz CT molecular complexity index is 1160. The summed E-state index contributed by atoms with van der Waals surface area (Å²) in [6.45, 7) is 2.36. The molecule has 0 aliphatic carbocycles. The van der Waals surface area contributed by atoms with Gasteiger partial charge in [0.25, 0.3) is 5.91 Å². The van der Waals surface area contributed by atoms with Crippen molar-refractivity contribution in [1.82, 2.24) is 35.0 Å². The lowest BCUT2D eigenvalue weighted by Gasteiger charge is -2.14. The Hall–Kier alpha value is -4.14. The molecular weight excluding hydrogens is 392 g/mol. The Morgan fingerprint density at radius 1 is 1.06 bits per heavy atom. The summed E-state index contributed by atoms with van der Waals surface area (Å²) in [4.78, 5) is 25.1. The lowest BCUT2D eigenvalue weighted by atomic mass is 10.1. The highest BCUT2D eigenvalue weighted by atomic mass is 16.1. The fraction of sp³-hybridized carbons (Fsp3) is 0.182. The van der Waals surface area contributed by atoms with Gasteiger partial charge < -0.3 is 15.2 Å². The molecule has 0 unspecified atom stereocenters. The molecule has 0 saturated carbocycles. The summed E-state index contributed by atoms with van der Waals surface area (Å²) >= 11 is 0. The molecule has 1 amide bonds. The van der Waals surface area contributed by atoms with E-state index in [0.29, 0.717) is 23.6 Å². The van der Waals surface area contributed by atoms with Crippen LogP contribution in [0.2, 0.25) is 0 Å². The van der Waals surface area contributed by atoms with Gasteiger partial charge in [0.05, 0.1) is 18.3 Å². The second-order valence-corrected chi connectivity index (χ2v) is 6.98. The van der Waals surface area contributed by atoms with Crippen LogP contribution in [-0.2, 0) is 13.6 Å². The third-order valence-electron chi connectivity index (χ3n) is 4.83. The van der Waals surface area contributed by atoms with Crippen molar-refractivity contribution in [1.29, 1.82) is 0 Å². The van der Waals surface area contributed by atoms with E-state index in [1.54, 1.807) is 24.5 Å². The Balaban J connectivity index is 1.41. The summed E-state index contributed by atoms with van der Waals surface area (Å²) in [5, 5.41) is 14.7. The van der Waals surface area contributed by atoms with E-state index >= 15 is 0 Å². The van der Waals surface area contributed by atoms with Crippen molar-refractivity contribution in [2.45, 2.75) is 19.5 Å². The second kappa shape index (κ2) is 9.12. The van der Waals surface area contributed by atoms with Crippen LogP contribution in [0.15, 0.2) is 67.3 Å². The molecule has 3 heterocycles. The molecule has 9 heteroatoms. The van der Waals surface area contributed by atoms with Crippen molar-refractivity contribution in [2.24, 2.45) is 7.05 Å². The Morgan fingerprint density at radius 3 is 2.74 bits per heavy atom. The number of anilines is 1. The number of hydrogen-bond acceptors (Lipinski definition) is 7. The molecular formula is C22H22N8O. The van der Waals surface area contributed by atoms with E-state index in [4.69, 9.17) is 0 Å². The highest BCUT2D eigenvalue weighted by Gasteiger charge is 2.14. The number of carbonyl (C=O) groups is 1. The molecule has 31 heavy (non-hydrogen) atoms. The predicted octanol–water partition coefficient (Wildman–Crippen LogP) is 2.77. The molecule has 4 rings (SSSR count). The maximum atomic E-state index is 12.7. The van der Waals surface area contributed by atoms with Gasteiger partial charge in [-0.25, -0.2) is 9.97 Å². The number of nitrogens with one attached hydrogen (secondary N) is 2. The van der Waals surface area contributed by atoms with Crippen molar-refractivity contribution in [2.75, 3.05) is 5.32 Å². The summed E-state index contributed by atoms with van der Waals surface area (Å²) < 4.78 is 1.88. The topological polar surface area (TPSA) is 111 Å². The normalized spacial score (nSPS) is 11.7. The molecule has 0 aliphatic rings. The summed E-state index contributed by atoms with van der Waals surface area (Å²) in [5.41, 5.74) is 2.89. The highest BCUT2D eigenvalue weighted by molar-refractivity contribution is 5.95. The number of benzene rings is 1. The summed E-state index contributed by atoms with van der Waals surface area (Å²) in [5.74, 6) is 1.24.